The van der Waals surface area contributed by atoms with Gasteiger partial charge in [-0.1, -0.05) is 0 Å². The molecule has 0 aliphatic heterocycles. The maximum atomic E-state index is 5.80. The minimum absolute atomic E-state index is 0.771. The Hall–Kier alpha value is -1.00. The number of anilines is 1. The van der Waals surface area contributed by atoms with Crippen LogP contribution in [0.5, 0.6) is 0 Å². The van der Waals surface area contributed by atoms with Crippen molar-refractivity contribution in [2.24, 2.45) is 0 Å². The van der Waals surface area contributed by atoms with E-state index in [0.29, 0.717) is 0 Å². The highest BCUT2D eigenvalue weighted by molar-refractivity contribution is 7.99. The number of pyridine rings is 1. The number of hydrogen-bond acceptors (Lipinski definition) is 4. The molecule has 2 aromatic rings. The van der Waals surface area contributed by atoms with Gasteiger partial charge in [0.1, 0.15) is 0 Å². The lowest BCUT2D eigenvalue weighted by molar-refractivity contribution is 1.17. The smallest absolute Gasteiger partial charge is 0.0638 e. The molecule has 0 bridgehead atoms. The number of nitrogen functional groups attached to an aromatic ring is 1. The van der Waals surface area contributed by atoms with E-state index in [1.54, 1.807) is 35.5 Å². The Labute approximate surface area is 97.5 Å². The summed E-state index contributed by atoms with van der Waals surface area (Å²) in [7, 11) is 0. The molecule has 0 aromatic carbocycles. The summed E-state index contributed by atoms with van der Waals surface area (Å²) in [6, 6.07) is 4.13. The van der Waals surface area contributed by atoms with Crippen LogP contribution in [0.2, 0.25) is 0 Å². The fourth-order valence-electron chi connectivity index (χ4n) is 1.24. The lowest BCUT2D eigenvalue weighted by Gasteiger charge is -2.03. The van der Waals surface area contributed by atoms with Gasteiger partial charge in [0.05, 0.1) is 11.9 Å². The van der Waals surface area contributed by atoms with Gasteiger partial charge in [0.25, 0.3) is 0 Å². The highest BCUT2D eigenvalue weighted by atomic mass is 32.2. The van der Waals surface area contributed by atoms with Crippen LogP contribution in [-0.2, 0) is 6.42 Å². The molecule has 0 atom stereocenters. The van der Waals surface area contributed by atoms with E-state index in [1.165, 1.54) is 5.56 Å². The number of rotatable bonds is 4. The lowest BCUT2D eigenvalue weighted by atomic mass is 10.3. The van der Waals surface area contributed by atoms with Crippen LogP contribution in [0.25, 0.3) is 0 Å². The first-order valence-electron chi connectivity index (χ1n) is 4.69. The summed E-state index contributed by atoms with van der Waals surface area (Å²) in [5.74, 6) is 1.06. The van der Waals surface area contributed by atoms with Crippen molar-refractivity contribution in [3.8, 4) is 0 Å². The van der Waals surface area contributed by atoms with Gasteiger partial charge in [0, 0.05) is 16.8 Å². The lowest BCUT2D eigenvalue weighted by Crippen LogP contribution is -1.91. The summed E-state index contributed by atoms with van der Waals surface area (Å²) in [6.07, 6.45) is 4.58. The molecule has 4 heteroatoms. The molecule has 0 unspecified atom stereocenters. The quantitative estimate of drug-likeness (QED) is 0.829. The van der Waals surface area contributed by atoms with E-state index in [0.717, 1.165) is 22.8 Å². The van der Waals surface area contributed by atoms with Crippen molar-refractivity contribution in [2.45, 2.75) is 11.3 Å². The van der Waals surface area contributed by atoms with Gasteiger partial charge in [0.2, 0.25) is 0 Å². The molecule has 0 amide bonds. The van der Waals surface area contributed by atoms with Gasteiger partial charge < -0.3 is 5.73 Å². The Kier molecular flexibility index (Phi) is 3.64. The summed E-state index contributed by atoms with van der Waals surface area (Å²) in [5.41, 5.74) is 7.97. The number of thioether (sulfide) groups is 1. The minimum Gasteiger partial charge on any atom is -0.397 e. The monoisotopic (exact) mass is 236 g/mol. The van der Waals surface area contributed by atoms with Crippen LogP contribution in [0.15, 0.2) is 40.2 Å². The Morgan fingerprint density at radius 3 is 3.07 bits per heavy atom. The molecule has 0 radical (unpaired) electrons. The summed E-state index contributed by atoms with van der Waals surface area (Å²) in [6.45, 7) is 0. The molecular formula is C11H12N2S2. The predicted molar refractivity (Wildman–Crippen MR) is 67.4 cm³/mol. The molecule has 78 valence electrons. The number of nitrogens with zero attached hydrogens (tertiary/aromatic N) is 1. The molecule has 2 nitrogen and oxygen atoms in total. The van der Waals surface area contributed by atoms with Crippen LogP contribution in [-0.4, -0.2) is 10.7 Å². The van der Waals surface area contributed by atoms with E-state index in [2.05, 4.69) is 21.8 Å². The fourth-order valence-corrected chi connectivity index (χ4v) is 2.88. The average Bonchev–Trinajstić information content (AvgIpc) is 2.74. The van der Waals surface area contributed by atoms with Gasteiger partial charge in [-0.15, -0.1) is 11.8 Å². The molecule has 2 aromatic heterocycles. The molecule has 2 rings (SSSR count). The van der Waals surface area contributed by atoms with Crippen LogP contribution in [0, 0.1) is 0 Å². The molecule has 2 N–H and O–H groups in total. The van der Waals surface area contributed by atoms with Crippen LogP contribution in [0.1, 0.15) is 5.56 Å². The van der Waals surface area contributed by atoms with Crippen molar-refractivity contribution in [1.82, 2.24) is 4.98 Å². The van der Waals surface area contributed by atoms with Crippen molar-refractivity contribution in [3.63, 3.8) is 0 Å². The van der Waals surface area contributed by atoms with Gasteiger partial charge in [-0.3, -0.25) is 4.98 Å². The molecule has 0 aliphatic carbocycles. The van der Waals surface area contributed by atoms with E-state index >= 15 is 0 Å². The summed E-state index contributed by atoms with van der Waals surface area (Å²) in [5, 5.41) is 4.30. The van der Waals surface area contributed by atoms with Crippen molar-refractivity contribution in [2.75, 3.05) is 11.5 Å². The third-order valence-corrected chi connectivity index (χ3v) is 3.86. The van der Waals surface area contributed by atoms with E-state index in [1.807, 2.05) is 6.07 Å². The van der Waals surface area contributed by atoms with Crippen molar-refractivity contribution in [3.05, 3.63) is 40.8 Å². The molecule has 0 fully saturated rings. The third-order valence-electron chi connectivity index (χ3n) is 2.04. The van der Waals surface area contributed by atoms with Gasteiger partial charge in [0.15, 0.2) is 0 Å². The second kappa shape index (κ2) is 5.19. The van der Waals surface area contributed by atoms with Gasteiger partial charge >= 0.3 is 0 Å². The topological polar surface area (TPSA) is 38.9 Å². The first-order valence-corrected chi connectivity index (χ1v) is 6.62. The van der Waals surface area contributed by atoms with Gasteiger partial charge in [-0.25, -0.2) is 0 Å². The minimum atomic E-state index is 0.771. The molecule has 15 heavy (non-hydrogen) atoms. The zero-order valence-electron chi connectivity index (χ0n) is 8.22. The molecule has 0 aliphatic rings. The van der Waals surface area contributed by atoms with Crippen LogP contribution < -0.4 is 5.73 Å². The van der Waals surface area contributed by atoms with Crippen molar-refractivity contribution < 1.29 is 0 Å². The second-order valence-electron chi connectivity index (χ2n) is 3.14. The highest BCUT2D eigenvalue weighted by Crippen LogP contribution is 2.24. The van der Waals surface area contributed by atoms with Gasteiger partial charge in [-0.05, 0) is 34.9 Å². The number of hydrogen-bond donors (Lipinski definition) is 1. The molecular weight excluding hydrogens is 224 g/mol. The zero-order chi connectivity index (χ0) is 10.5. The maximum absolute atomic E-state index is 5.80. The Morgan fingerprint density at radius 2 is 2.33 bits per heavy atom. The first kappa shape index (κ1) is 10.5. The summed E-state index contributed by atoms with van der Waals surface area (Å²) < 4.78 is 0. The average molecular weight is 236 g/mol. The van der Waals surface area contributed by atoms with Gasteiger partial charge in [-0.2, -0.15) is 11.3 Å². The Balaban J connectivity index is 1.86. The van der Waals surface area contributed by atoms with Crippen LogP contribution >= 0.6 is 23.1 Å². The number of thiophene rings is 1. The largest absolute Gasteiger partial charge is 0.397 e. The predicted octanol–water partition coefficient (Wildman–Crippen LogP) is 3.06. The fraction of sp³-hybridized carbons (Fsp3) is 0.182. The van der Waals surface area contributed by atoms with E-state index in [4.69, 9.17) is 5.73 Å². The van der Waals surface area contributed by atoms with Crippen LogP contribution in [0.4, 0.5) is 5.69 Å². The van der Waals surface area contributed by atoms with Crippen LogP contribution in [0.3, 0.4) is 0 Å². The second-order valence-corrected chi connectivity index (χ2v) is 5.06. The highest BCUT2D eigenvalue weighted by Gasteiger charge is 1.99. The first-order chi connectivity index (χ1) is 7.36. The normalized spacial score (nSPS) is 10.4. The number of aromatic nitrogens is 1. The molecule has 0 saturated carbocycles. The zero-order valence-corrected chi connectivity index (χ0v) is 9.85. The maximum Gasteiger partial charge on any atom is 0.0638 e. The Morgan fingerprint density at radius 1 is 1.40 bits per heavy atom. The van der Waals surface area contributed by atoms with Crippen molar-refractivity contribution in [1.29, 1.82) is 0 Å². The molecule has 2 heterocycles. The van der Waals surface area contributed by atoms with E-state index in [-0.39, 0.29) is 0 Å². The van der Waals surface area contributed by atoms with E-state index < -0.39 is 0 Å². The number of aryl methyl sites for hydroxylation is 1. The number of nitrogens with two attached hydrogens (primary N) is 1. The molecule has 0 saturated heterocycles. The molecule has 0 spiro atoms. The standard InChI is InChI=1S/C11H12N2S2/c12-10-7-13-4-1-11(10)15-6-3-9-2-5-14-8-9/h1-2,4-5,7-8H,3,6,12H2. The van der Waals surface area contributed by atoms with E-state index in [9.17, 15) is 0 Å². The third kappa shape index (κ3) is 2.97. The summed E-state index contributed by atoms with van der Waals surface area (Å²) in [4.78, 5) is 5.09. The SMILES string of the molecule is Nc1cnccc1SCCc1ccsc1. The summed E-state index contributed by atoms with van der Waals surface area (Å²) >= 11 is 3.53. The van der Waals surface area contributed by atoms with Crippen molar-refractivity contribution >= 4 is 28.8 Å². The Bertz CT molecular complexity index is 412.